The summed E-state index contributed by atoms with van der Waals surface area (Å²) in [5.41, 5.74) is -1.11. The standard InChI is InChI=1S/C8H7ClF3N3/c1-13-4-3-5-6(8(10,11)12)14-15(2)7(5)9/h3-4H2,2H3. The predicted octanol–water partition coefficient (Wildman–Crippen LogP) is 2.55. The number of aromatic nitrogens is 2. The summed E-state index contributed by atoms with van der Waals surface area (Å²) < 4.78 is 38.3. The van der Waals surface area contributed by atoms with E-state index in [1.165, 1.54) is 7.05 Å². The van der Waals surface area contributed by atoms with Gasteiger partial charge in [-0.05, 0) is 0 Å². The van der Waals surface area contributed by atoms with Crippen LogP contribution in [0.25, 0.3) is 4.85 Å². The molecule has 1 aromatic heterocycles. The number of alkyl halides is 3. The van der Waals surface area contributed by atoms with Crippen molar-refractivity contribution in [2.24, 2.45) is 7.05 Å². The van der Waals surface area contributed by atoms with Crippen LogP contribution in [0, 0.1) is 6.57 Å². The zero-order chi connectivity index (χ0) is 11.6. The van der Waals surface area contributed by atoms with Gasteiger partial charge in [0.25, 0.3) is 0 Å². The van der Waals surface area contributed by atoms with Gasteiger partial charge in [-0.2, -0.15) is 18.3 Å². The zero-order valence-electron chi connectivity index (χ0n) is 7.77. The Morgan fingerprint density at radius 3 is 2.60 bits per heavy atom. The van der Waals surface area contributed by atoms with E-state index < -0.39 is 11.9 Å². The number of aryl methyl sites for hydroxylation is 1. The Balaban J connectivity index is 3.16. The Hall–Kier alpha value is -1.22. The SMILES string of the molecule is [C-]#[N+]CCc1c(C(F)(F)F)nn(C)c1Cl. The first-order chi connectivity index (χ1) is 6.88. The quantitative estimate of drug-likeness (QED) is 0.725. The topological polar surface area (TPSA) is 22.2 Å². The molecule has 0 aliphatic rings. The molecule has 0 spiro atoms. The first-order valence-corrected chi connectivity index (χ1v) is 4.37. The highest BCUT2D eigenvalue weighted by atomic mass is 35.5. The largest absolute Gasteiger partial charge is 0.435 e. The highest BCUT2D eigenvalue weighted by molar-refractivity contribution is 6.30. The Kier molecular flexibility index (Phi) is 3.25. The van der Waals surface area contributed by atoms with Crippen LogP contribution in [-0.2, 0) is 19.6 Å². The first-order valence-electron chi connectivity index (χ1n) is 3.99. The second-order valence-corrected chi connectivity index (χ2v) is 3.23. The van der Waals surface area contributed by atoms with Crippen molar-refractivity contribution in [3.8, 4) is 0 Å². The second-order valence-electron chi connectivity index (χ2n) is 2.87. The number of hydrogen-bond donors (Lipinski definition) is 0. The van der Waals surface area contributed by atoms with Crippen LogP contribution in [0.1, 0.15) is 11.3 Å². The molecule has 0 saturated carbocycles. The molecule has 0 atom stereocenters. The van der Waals surface area contributed by atoms with Gasteiger partial charge in [-0.15, -0.1) is 0 Å². The summed E-state index contributed by atoms with van der Waals surface area (Å²) in [5, 5.41) is 3.23. The van der Waals surface area contributed by atoms with Crippen LogP contribution in [-0.4, -0.2) is 16.3 Å². The van der Waals surface area contributed by atoms with Gasteiger partial charge in [-0.25, -0.2) is 6.57 Å². The third-order valence-corrected chi connectivity index (χ3v) is 2.28. The van der Waals surface area contributed by atoms with Crippen LogP contribution in [0.15, 0.2) is 0 Å². The molecule has 0 aliphatic carbocycles. The normalized spacial score (nSPS) is 11.5. The van der Waals surface area contributed by atoms with Crippen molar-refractivity contribution >= 4 is 11.6 Å². The number of nitrogens with zero attached hydrogens (tertiary/aromatic N) is 3. The van der Waals surface area contributed by atoms with E-state index in [2.05, 4.69) is 9.94 Å². The fourth-order valence-corrected chi connectivity index (χ4v) is 1.39. The lowest BCUT2D eigenvalue weighted by Crippen LogP contribution is -2.10. The summed E-state index contributed by atoms with van der Waals surface area (Å²) in [7, 11) is 1.33. The van der Waals surface area contributed by atoms with Crippen LogP contribution in [0.3, 0.4) is 0 Å². The van der Waals surface area contributed by atoms with Gasteiger partial charge in [-0.3, -0.25) is 4.68 Å². The number of rotatable bonds is 2. The van der Waals surface area contributed by atoms with E-state index >= 15 is 0 Å². The van der Waals surface area contributed by atoms with E-state index in [9.17, 15) is 13.2 Å². The van der Waals surface area contributed by atoms with Crippen molar-refractivity contribution in [3.05, 3.63) is 27.8 Å². The summed E-state index contributed by atoms with van der Waals surface area (Å²) in [6.07, 6.45) is -4.56. The summed E-state index contributed by atoms with van der Waals surface area (Å²) >= 11 is 5.65. The van der Waals surface area contributed by atoms with Crippen molar-refractivity contribution in [1.82, 2.24) is 9.78 Å². The lowest BCUT2D eigenvalue weighted by Gasteiger charge is -2.03. The van der Waals surface area contributed by atoms with Crippen molar-refractivity contribution in [1.29, 1.82) is 0 Å². The maximum atomic E-state index is 12.5. The predicted molar refractivity (Wildman–Crippen MR) is 48.4 cm³/mol. The minimum absolute atomic E-state index is 0.0332. The van der Waals surface area contributed by atoms with Crippen LogP contribution >= 0.6 is 11.6 Å². The van der Waals surface area contributed by atoms with Crippen LogP contribution in [0.5, 0.6) is 0 Å². The van der Waals surface area contributed by atoms with Gasteiger partial charge < -0.3 is 4.85 Å². The first kappa shape index (κ1) is 11.9. The molecule has 0 aliphatic heterocycles. The van der Waals surface area contributed by atoms with Gasteiger partial charge in [-0.1, -0.05) is 11.6 Å². The second kappa shape index (κ2) is 4.11. The van der Waals surface area contributed by atoms with Crippen molar-refractivity contribution in [2.45, 2.75) is 12.6 Å². The van der Waals surface area contributed by atoms with Gasteiger partial charge in [0.1, 0.15) is 5.15 Å². The monoisotopic (exact) mass is 237 g/mol. The fraction of sp³-hybridized carbons (Fsp3) is 0.500. The Morgan fingerprint density at radius 1 is 1.53 bits per heavy atom. The van der Waals surface area contributed by atoms with Crippen molar-refractivity contribution in [3.63, 3.8) is 0 Å². The minimum Gasteiger partial charge on any atom is -0.317 e. The Morgan fingerprint density at radius 2 is 2.13 bits per heavy atom. The maximum Gasteiger partial charge on any atom is 0.435 e. The third-order valence-electron chi connectivity index (χ3n) is 1.81. The molecule has 0 N–H and O–H groups in total. The van der Waals surface area contributed by atoms with Gasteiger partial charge in [0, 0.05) is 12.6 Å². The van der Waals surface area contributed by atoms with E-state index in [0.29, 0.717) is 0 Å². The molecule has 0 amide bonds. The summed E-state index contributed by atoms with van der Waals surface area (Å²) in [4.78, 5) is 2.99. The molecule has 1 aromatic rings. The molecular formula is C8H7ClF3N3. The average molecular weight is 238 g/mol. The van der Waals surface area contributed by atoms with E-state index in [4.69, 9.17) is 18.2 Å². The van der Waals surface area contributed by atoms with Crippen LogP contribution in [0.4, 0.5) is 13.2 Å². The molecule has 1 rings (SSSR count). The third kappa shape index (κ3) is 2.42. The van der Waals surface area contributed by atoms with Crippen LogP contribution < -0.4 is 0 Å². The average Bonchev–Trinajstić information content (AvgIpc) is 2.40. The van der Waals surface area contributed by atoms with Crippen LogP contribution in [0.2, 0.25) is 5.15 Å². The van der Waals surface area contributed by atoms with Crippen molar-refractivity contribution < 1.29 is 13.2 Å². The van der Waals surface area contributed by atoms with E-state index in [0.717, 1.165) is 4.68 Å². The molecule has 3 nitrogen and oxygen atoms in total. The smallest absolute Gasteiger partial charge is 0.317 e. The molecular weight excluding hydrogens is 231 g/mol. The molecule has 0 radical (unpaired) electrons. The highest BCUT2D eigenvalue weighted by Gasteiger charge is 2.38. The van der Waals surface area contributed by atoms with E-state index in [-0.39, 0.29) is 23.7 Å². The highest BCUT2D eigenvalue weighted by Crippen LogP contribution is 2.34. The molecule has 7 heteroatoms. The van der Waals surface area contributed by atoms with Gasteiger partial charge in [0.05, 0.1) is 6.42 Å². The van der Waals surface area contributed by atoms with E-state index in [1.807, 2.05) is 0 Å². The fourth-order valence-electron chi connectivity index (χ4n) is 1.16. The summed E-state index contributed by atoms with van der Waals surface area (Å²) in [6, 6.07) is 0. The maximum absolute atomic E-state index is 12.5. The molecule has 1 heterocycles. The zero-order valence-corrected chi connectivity index (χ0v) is 8.52. The minimum atomic E-state index is -4.53. The number of hydrogen-bond acceptors (Lipinski definition) is 1. The Bertz CT molecular complexity index is 402. The van der Waals surface area contributed by atoms with E-state index in [1.54, 1.807) is 0 Å². The number of halogens is 4. The lowest BCUT2D eigenvalue weighted by atomic mass is 10.2. The molecule has 0 bridgehead atoms. The molecule has 0 fully saturated rings. The molecule has 0 unspecified atom stereocenters. The van der Waals surface area contributed by atoms with Gasteiger partial charge in [0.15, 0.2) is 5.69 Å². The summed E-state index contributed by atoms with van der Waals surface area (Å²) in [5.74, 6) is 0. The molecule has 15 heavy (non-hydrogen) atoms. The van der Waals surface area contributed by atoms with Crippen molar-refractivity contribution in [2.75, 3.05) is 6.54 Å². The molecule has 0 aromatic carbocycles. The molecule has 0 saturated heterocycles. The van der Waals surface area contributed by atoms with Gasteiger partial charge >= 0.3 is 6.18 Å². The Labute approximate surface area is 89.3 Å². The van der Waals surface area contributed by atoms with Gasteiger partial charge in [0.2, 0.25) is 6.54 Å². The lowest BCUT2D eigenvalue weighted by molar-refractivity contribution is -0.142. The molecule has 82 valence electrons. The summed E-state index contributed by atoms with van der Waals surface area (Å²) in [6.45, 7) is 6.50.